The van der Waals surface area contributed by atoms with Crippen LogP contribution < -0.4 is 16.3 Å². The smallest absolute Gasteiger partial charge is 0.360 e. The van der Waals surface area contributed by atoms with Gasteiger partial charge in [-0.1, -0.05) is 0 Å². The first-order valence-electron chi connectivity index (χ1n) is 11.4. The number of nitrogens with one attached hydrogen (secondary N) is 2. The monoisotopic (exact) mass is 516 g/mol. The second-order valence-electron chi connectivity index (χ2n) is 6.99. The highest BCUT2D eigenvalue weighted by Gasteiger charge is 2.22. The number of fused-ring (bicyclic) bond motifs is 1. The maximum absolute atomic E-state index is 12.4. The highest BCUT2D eigenvalue weighted by Crippen LogP contribution is 2.21. The highest BCUT2D eigenvalue weighted by molar-refractivity contribution is 6.14. The van der Waals surface area contributed by atoms with E-state index in [0.29, 0.717) is 11.1 Å². The minimum absolute atomic E-state index is 0.0337. The first-order valence-corrected chi connectivity index (χ1v) is 11.4. The number of rotatable bonds is 12. The molecule has 0 aliphatic rings. The van der Waals surface area contributed by atoms with Crippen LogP contribution in [0.1, 0.15) is 27.7 Å². The molecule has 37 heavy (non-hydrogen) atoms. The van der Waals surface area contributed by atoms with Crippen LogP contribution in [0.5, 0.6) is 0 Å². The Balaban J connectivity index is 2.38. The molecule has 1 heterocycles. The molecule has 0 saturated heterocycles. The topological polar surface area (TPSA) is 159 Å². The van der Waals surface area contributed by atoms with Gasteiger partial charge in [0.05, 0.1) is 26.4 Å². The van der Waals surface area contributed by atoms with Crippen LogP contribution in [0.4, 0.5) is 11.4 Å². The Morgan fingerprint density at radius 2 is 1.19 bits per heavy atom. The van der Waals surface area contributed by atoms with Gasteiger partial charge in [-0.2, -0.15) is 0 Å². The van der Waals surface area contributed by atoms with Crippen molar-refractivity contribution in [1.82, 2.24) is 0 Å². The summed E-state index contributed by atoms with van der Waals surface area (Å²) in [5.41, 5.74) is -0.933. The average Bonchev–Trinajstić information content (AvgIpc) is 2.85. The SMILES string of the molecule is CCOC(=O)C(=CNc1ccc2oc(=O)c(NC=C(C(=O)OCC)C(=O)OCC)cc2c1)C(=O)OCC. The Hall–Kier alpha value is -4.61. The maximum atomic E-state index is 12.4. The van der Waals surface area contributed by atoms with Gasteiger partial charge in [0.2, 0.25) is 0 Å². The van der Waals surface area contributed by atoms with Crippen LogP contribution >= 0.6 is 0 Å². The first-order chi connectivity index (χ1) is 17.7. The number of hydrogen-bond donors (Lipinski definition) is 2. The van der Waals surface area contributed by atoms with Crippen molar-refractivity contribution < 1.29 is 42.5 Å². The number of carbonyl (C=O) groups excluding carboxylic acids is 4. The number of ether oxygens (including phenoxy) is 4. The van der Waals surface area contributed by atoms with E-state index < -0.39 is 35.1 Å². The van der Waals surface area contributed by atoms with Gasteiger partial charge in [-0.25, -0.2) is 24.0 Å². The van der Waals surface area contributed by atoms with Crippen LogP contribution in [0.25, 0.3) is 11.0 Å². The van der Waals surface area contributed by atoms with E-state index in [1.54, 1.807) is 39.8 Å². The zero-order chi connectivity index (χ0) is 27.4. The molecule has 0 atom stereocenters. The molecule has 198 valence electrons. The van der Waals surface area contributed by atoms with Crippen molar-refractivity contribution in [1.29, 1.82) is 0 Å². The fraction of sp³-hybridized carbons (Fsp3) is 0.320. The van der Waals surface area contributed by atoms with E-state index in [-0.39, 0.29) is 43.3 Å². The third kappa shape index (κ3) is 7.95. The molecule has 12 heteroatoms. The lowest BCUT2D eigenvalue weighted by Crippen LogP contribution is -2.20. The second kappa shape index (κ2) is 14.1. The van der Waals surface area contributed by atoms with Crippen molar-refractivity contribution in [3.63, 3.8) is 0 Å². The third-order valence-corrected chi connectivity index (χ3v) is 4.47. The van der Waals surface area contributed by atoms with Gasteiger partial charge in [-0.05, 0) is 52.0 Å². The van der Waals surface area contributed by atoms with Crippen LogP contribution in [0.2, 0.25) is 0 Å². The second-order valence-corrected chi connectivity index (χ2v) is 6.99. The van der Waals surface area contributed by atoms with E-state index in [1.165, 1.54) is 12.1 Å². The lowest BCUT2D eigenvalue weighted by Gasteiger charge is -2.09. The van der Waals surface area contributed by atoms with E-state index in [9.17, 15) is 24.0 Å². The first kappa shape index (κ1) is 28.6. The fourth-order valence-electron chi connectivity index (χ4n) is 2.86. The predicted molar refractivity (Wildman–Crippen MR) is 132 cm³/mol. The van der Waals surface area contributed by atoms with Crippen LogP contribution in [0.3, 0.4) is 0 Å². The molecule has 0 saturated carbocycles. The summed E-state index contributed by atoms with van der Waals surface area (Å²) in [6.45, 7) is 6.58. The zero-order valence-corrected chi connectivity index (χ0v) is 20.9. The molecule has 0 amide bonds. The summed E-state index contributed by atoms with van der Waals surface area (Å²) in [7, 11) is 0. The number of benzene rings is 1. The Kier molecular flexibility index (Phi) is 10.9. The normalized spacial score (nSPS) is 10.1. The van der Waals surface area contributed by atoms with E-state index in [1.807, 2.05) is 0 Å². The molecule has 0 aliphatic carbocycles. The molecular weight excluding hydrogens is 488 g/mol. The van der Waals surface area contributed by atoms with Gasteiger partial charge in [0.1, 0.15) is 11.3 Å². The number of carbonyl (C=O) groups is 4. The zero-order valence-electron chi connectivity index (χ0n) is 20.9. The molecule has 0 aliphatic heterocycles. The molecule has 0 fully saturated rings. The van der Waals surface area contributed by atoms with Crippen molar-refractivity contribution in [2.75, 3.05) is 37.1 Å². The fourth-order valence-corrected chi connectivity index (χ4v) is 2.86. The summed E-state index contributed by atoms with van der Waals surface area (Å²) in [6.07, 6.45) is 2.16. The molecule has 12 nitrogen and oxygen atoms in total. The Bertz CT molecular complexity index is 1240. The molecule has 0 bridgehead atoms. The predicted octanol–water partition coefficient (Wildman–Crippen LogP) is 2.64. The standard InChI is InChI=1S/C25H28N2O10/c1-5-33-21(28)17(22(29)34-6-2)13-26-16-9-10-20-15(11-16)12-19(25(32)37-20)27-14-18(23(30)35-7-3)24(31)36-8-4/h9-14,26-27H,5-8H2,1-4H3. The van der Waals surface area contributed by atoms with Gasteiger partial charge in [0.25, 0.3) is 0 Å². The van der Waals surface area contributed by atoms with E-state index >= 15 is 0 Å². The number of anilines is 2. The minimum Gasteiger partial charge on any atom is -0.462 e. The minimum atomic E-state index is -0.920. The lowest BCUT2D eigenvalue weighted by molar-refractivity contribution is -0.148. The maximum Gasteiger partial charge on any atom is 0.360 e. The molecule has 0 radical (unpaired) electrons. The molecular formula is C25H28N2O10. The number of esters is 4. The summed E-state index contributed by atoms with van der Waals surface area (Å²) in [5.74, 6) is -3.54. The van der Waals surface area contributed by atoms with Gasteiger partial charge >= 0.3 is 29.5 Å². The molecule has 0 unspecified atom stereocenters. The Morgan fingerprint density at radius 1 is 0.730 bits per heavy atom. The summed E-state index contributed by atoms with van der Waals surface area (Å²) in [4.78, 5) is 60.9. The van der Waals surface area contributed by atoms with Crippen LogP contribution in [0, 0.1) is 0 Å². The van der Waals surface area contributed by atoms with Crippen LogP contribution in [-0.4, -0.2) is 50.3 Å². The Labute approximate surface area is 212 Å². The van der Waals surface area contributed by atoms with Crippen molar-refractivity contribution >= 4 is 46.2 Å². The van der Waals surface area contributed by atoms with E-state index in [2.05, 4.69) is 10.6 Å². The average molecular weight is 517 g/mol. The largest absolute Gasteiger partial charge is 0.462 e. The van der Waals surface area contributed by atoms with Crippen molar-refractivity contribution in [3.05, 3.63) is 58.2 Å². The quantitative estimate of drug-likeness (QED) is 0.106. The molecule has 1 aromatic heterocycles. The van der Waals surface area contributed by atoms with Gasteiger partial charge in [0.15, 0.2) is 11.1 Å². The molecule has 2 rings (SSSR count). The third-order valence-electron chi connectivity index (χ3n) is 4.47. The van der Waals surface area contributed by atoms with E-state index in [4.69, 9.17) is 23.4 Å². The molecule has 2 aromatic rings. The van der Waals surface area contributed by atoms with Crippen LogP contribution in [0.15, 0.2) is 57.0 Å². The van der Waals surface area contributed by atoms with E-state index in [0.717, 1.165) is 12.4 Å². The van der Waals surface area contributed by atoms with Gasteiger partial charge in [-0.3, -0.25) is 0 Å². The van der Waals surface area contributed by atoms with Gasteiger partial charge in [-0.15, -0.1) is 0 Å². The molecule has 1 aromatic carbocycles. The van der Waals surface area contributed by atoms with Crippen LogP contribution in [-0.2, 0) is 38.1 Å². The highest BCUT2D eigenvalue weighted by atomic mass is 16.6. The van der Waals surface area contributed by atoms with Crippen molar-refractivity contribution in [2.24, 2.45) is 0 Å². The number of hydrogen-bond acceptors (Lipinski definition) is 12. The molecule has 0 spiro atoms. The summed E-state index contributed by atoms with van der Waals surface area (Å²) < 4.78 is 24.8. The summed E-state index contributed by atoms with van der Waals surface area (Å²) in [6, 6.07) is 6.07. The summed E-state index contributed by atoms with van der Waals surface area (Å²) >= 11 is 0. The summed E-state index contributed by atoms with van der Waals surface area (Å²) in [5, 5.41) is 5.85. The van der Waals surface area contributed by atoms with Gasteiger partial charge in [0, 0.05) is 23.5 Å². The van der Waals surface area contributed by atoms with Gasteiger partial charge < -0.3 is 34.0 Å². The van der Waals surface area contributed by atoms with Crippen molar-refractivity contribution in [2.45, 2.75) is 27.7 Å². The van der Waals surface area contributed by atoms with Crippen molar-refractivity contribution in [3.8, 4) is 0 Å². The Morgan fingerprint density at radius 3 is 1.65 bits per heavy atom. The molecule has 2 N–H and O–H groups in total. The lowest BCUT2D eigenvalue weighted by atomic mass is 10.2.